The molecule has 0 aliphatic carbocycles. The monoisotopic (exact) mass is 320 g/mol. The molecule has 0 amide bonds. The first-order valence-electron chi connectivity index (χ1n) is 7.15. The molecule has 0 radical (unpaired) electrons. The highest BCUT2D eigenvalue weighted by atomic mass is 35.5. The van der Waals surface area contributed by atoms with Gasteiger partial charge in [0.2, 0.25) is 0 Å². The molecule has 0 bridgehead atoms. The fraction of sp³-hybridized carbons (Fsp3) is 0.600. The zero-order chi connectivity index (χ0) is 14.5. The van der Waals surface area contributed by atoms with E-state index in [4.69, 9.17) is 4.74 Å². The molecule has 120 valence electrons. The Hall–Kier alpha value is -0.910. The fourth-order valence-corrected chi connectivity index (χ4v) is 2.77. The standard InChI is InChI=1S/C15H22F2N2O.ClH/c1-3-4-14(19-7-5-18-6-8-19)15-12(16)9-11(20-2)10-13(15)17;/h9-10,14,18H,3-8H2,1-2H3;1H/t14-;/m0./s1. The van der Waals surface area contributed by atoms with E-state index >= 15 is 0 Å². The predicted octanol–water partition coefficient (Wildman–Crippen LogP) is 3.14. The van der Waals surface area contributed by atoms with Crippen molar-refractivity contribution in [1.29, 1.82) is 0 Å². The Morgan fingerprint density at radius 3 is 2.29 bits per heavy atom. The van der Waals surface area contributed by atoms with Crippen molar-refractivity contribution in [3.63, 3.8) is 0 Å². The number of nitrogens with zero attached hydrogens (tertiary/aromatic N) is 1. The van der Waals surface area contributed by atoms with Crippen LogP contribution in [-0.2, 0) is 0 Å². The molecule has 1 aromatic rings. The van der Waals surface area contributed by atoms with Crippen molar-refractivity contribution in [2.24, 2.45) is 0 Å². The summed E-state index contributed by atoms with van der Waals surface area (Å²) in [5.41, 5.74) is 0.176. The maximum atomic E-state index is 14.3. The zero-order valence-electron chi connectivity index (χ0n) is 12.5. The third-order valence-electron chi connectivity index (χ3n) is 3.78. The van der Waals surface area contributed by atoms with Crippen LogP contribution in [0.25, 0.3) is 0 Å². The highest BCUT2D eigenvalue weighted by Gasteiger charge is 2.27. The smallest absolute Gasteiger partial charge is 0.134 e. The van der Waals surface area contributed by atoms with E-state index in [1.54, 1.807) is 0 Å². The summed E-state index contributed by atoms with van der Waals surface area (Å²) in [5, 5.41) is 3.26. The summed E-state index contributed by atoms with van der Waals surface area (Å²) in [6.45, 7) is 5.39. The van der Waals surface area contributed by atoms with Gasteiger partial charge in [0.15, 0.2) is 0 Å². The maximum absolute atomic E-state index is 14.3. The molecule has 6 heteroatoms. The van der Waals surface area contributed by atoms with Gasteiger partial charge in [0, 0.05) is 49.9 Å². The van der Waals surface area contributed by atoms with Gasteiger partial charge in [-0.1, -0.05) is 13.3 Å². The molecule has 1 saturated heterocycles. The van der Waals surface area contributed by atoms with Gasteiger partial charge in [-0.3, -0.25) is 4.90 Å². The second-order valence-electron chi connectivity index (χ2n) is 5.10. The molecule has 1 aliphatic heterocycles. The number of rotatable bonds is 5. The van der Waals surface area contributed by atoms with Crippen molar-refractivity contribution in [3.05, 3.63) is 29.3 Å². The van der Waals surface area contributed by atoms with Crippen LogP contribution in [-0.4, -0.2) is 38.2 Å². The van der Waals surface area contributed by atoms with Crippen LogP contribution in [0.15, 0.2) is 12.1 Å². The summed E-state index contributed by atoms with van der Waals surface area (Å²) in [5.74, 6) is -0.808. The Labute approximate surface area is 131 Å². The first-order valence-corrected chi connectivity index (χ1v) is 7.15. The van der Waals surface area contributed by atoms with Crippen LogP contribution >= 0.6 is 12.4 Å². The highest BCUT2D eigenvalue weighted by molar-refractivity contribution is 5.85. The summed E-state index contributed by atoms with van der Waals surface area (Å²) in [4.78, 5) is 2.16. The number of benzene rings is 1. The van der Waals surface area contributed by atoms with Gasteiger partial charge in [0.25, 0.3) is 0 Å². The van der Waals surface area contributed by atoms with Crippen molar-refractivity contribution < 1.29 is 13.5 Å². The maximum Gasteiger partial charge on any atom is 0.134 e. The van der Waals surface area contributed by atoms with Gasteiger partial charge >= 0.3 is 0 Å². The average Bonchev–Trinajstić information content (AvgIpc) is 2.46. The van der Waals surface area contributed by atoms with Crippen molar-refractivity contribution in [1.82, 2.24) is 10.2 Å². The number of hydrogen-bond acceptors (Lipinski definition) is 3. The van der Waals surface area contributed by atoms with Crippen molar-refractivity contribution in [3.8, 4) is 5.75 Å². The Bertz CT molecular complexity index is 430. The minimum absolute atomic E-state index is 0. The summed E-state index contributed by atoms with van der Waals surface area (Å²) < 4.78 is 33.4. The molecule has 0 unspecified atom stereocenters. The number of nitrogens with one attached hydrogen (secondary N) is 1. The van der Waals surface area contributed by atoms with E-state index in [0.29, 0.717) is 0 Å². The quantitative estimate of drug-likeness (QED) is 0.902. The number of hydrogen-bond donors (Lipinski definition) is 1. The van der Waals surface area contributed by atoms with Crippen molar-refractivity contribution in [2.75, 3.05) is 33.3 Å². The van der Waals surface area contributed by atoms with Crippen LogP contribution in [0.1, 0.15) is 31.4 Å². The topological polar surface area (TPSA) is 24.5 Å². The van der Waals surface area contributed by atoms with E-state index in [9.17, 15) is 8.78 Å². The lowest BCUT2D eigenvalue weighted by atomic mass is 9.98. The molecule has 3 nitrogen and oxygen atoms in total. The van der Waals surface area contributed by atoms with E-state index in [-0.39, 0.29) is 29.8 Å². The molecule has 1 heterocycles. The number of piperazine rings is 1. The number of methoxy groups -OCH3 is 1. The van der Waals surface area contributed by atoms with Crippen molar-refractivity contribution in [2.45, 2.75) is 25.8 Å². The van der Waals surface area contributed by atoms with Crippen LogP contribution in [0.3, 0.4) is 0 Å². The summed E-state index contributed by atoms with van der Waals surface area (Å²) in [7, 11) is 1.41. The Morgan fingerprint density at radius 2 is 1.81 bits per heavy atom. The van der Waals surface area contributed by atoms with E-state index in [1.807, 2.05) is 6.92 Å². The SMILES string of the molecule is CCC[C@@H](c1c(F)cc(OC)cc1F)N1CCNCC1.Cl. The van der Waals surface area contributed by atoms with E-state index < -0.39 is 11.6 Å². The van der Waals surface area contributed by atoms with Crippen LogP contribution in [0.2, 0.25) is 0 Å². The van der Waals surface area contributed by atoms with Gasteiger partial charge in [-0.15, -0.1) is 12.4 Å². The van der Waals surface area contributed by atoms with E-state index in [1.165, 1.54) is 19.2 Å². The second-order valence-corrected chi connectivity index (χ2v) is 5.10. The first kappa shape index (κ1) is 18.1. The average molecular weight is 321 g/mol. The Morgan fingerprint density at radius 1 is 1.24 bits per heavy atom. The molecule has 1 atom stereocenters. The Balaban J connectivity index is 0.00000220. The third-order valence-corrected chi connectivity index (χ3v) is 3.78. The second kappa shape index (κ2) is 8.51. The van der Waals surface area contributed by atoms with E-state index in [0.717, 1.165) is 39.0 Å². The predicted molar refractivity (Wildman–Crippen MR) is 82.2 cm³/mol. The molecular weight excluding hydrogens is 298 g/mol. The lowest BCUT2D eigenvalue weighted by Crippen LogP contribution is -2.45. The molecular formula is C15H23ClF2N2O. The molecule has 0 saturated carbocycles. The lowest BCUT2D eigenvalue weighted by Gasteiger charge is -2.35. The Kier molecular flexibility index (Phi) is 7.35. The molecule has 1 N–H and O–H groups in total. The first-order chi connectivity index (χ1) is 9.67. The molecule has 0 aromatic heterocycles. The van der Waals surface area contributed by atoms with Crippen LogP contribution in [0.5, 0.6) is 5.75 Å². The molecule has 1 aromatic carbocycles. The van der Waals surface area contributed by atoms with Gasteiger partial charge in [0.1, 0.15) is 17.4 Å². The lowest BCUT2D eigenvalue weighted by molar-refractivity contribution is 0.158. The van der Waals surface area contributed by atoms with Gasteiger partial charge in [-0.2, -0.15) is 0 Å². The van der Waals surface area contributed by atoms with Crippen LogP contribution in [0.4, 0.5) is 8.78 Å². The molecule has 0 spiro atoms. The third kappa shape index (κ3) is 4.28. The number of halogens is 3. The largest absolute Gasteiger partial charge is 0.497 e. The molecule has 1 aliphatic rings. The normalized spacial score (nSPS) is 17.1. The molecule has 1 fully saturated rings. The van der Waals surface area contributed by atoms with Crippen LogP contribution < -0.4 is 10.1 Å². The van der Waals surface area contributed by atoms with Gasteiger partial charge < -0.3 is 10.1 Å². The summed E-state index contributed by atoms with van der Waals surface area (Å²) in [6.07, 6.45) is 1.64. The molecule has 2 rings (SSSR count). The van der Waals surface area contributed by atoms with Gasteiger partial charge in [-0.05, 0) is 6.42 Å². The fourth-order valence-electron chi connectivity index (χ4n) is 2.77. The summed E-state index contributed by atoms with van der Waals surface area (Å²) in [6, 6.07) is 2.33. The minimum atomic E-state index is -0.515. The summed E-state index contributed by atoms with van der Waals surface area (Å²) >= 11 is 0. The number of ether oxygens (including phenoxy) is 1. The van der Waals surface area contributed by atoms with Gasteiger partial charge in [-0.25, -0.2) is 8.78 Å². The highest BCUT2D eigenvalue weighted by Crippen LogP contribution is 2.32. The van der Waals surface area contributed by atoms with E-state index in [2.05, 4.69) is 10.2 Å². The van der Waals surface area contributed by atoms with Gasteiger partial charge in [0.05, 0.1) is 7.11 Å². The van der Waals surface area contributed by atoms with Crippen LogP contribution in [0, 0.1) is 11.6 Å². The minimum Gasteiger partial charge on any atom is -0.497 e. The van der Waals surface area contributed by atoms with Crippen molar-refractivity contribution >= 4 is 12.4 Å². The molecule has 21 heavy (non-hydrogen) atoms. The zero-order valence-corrected chi connectivity index (χ0v) is 13.3.